The fourth-order valence-corrected chi connectivity index (χ4v) is 4.25. The third-order valence-corrected chi connectivity index (χ3v) is 5.92. The molecular weight excluding hydrogens is 463 g/mol. The number of ether oxygens (including phenoxy) is 1. The van der Waals surface area contributed by atoms with E-state index in [1.54, 1.807) is 14.2 Å². The number of halogens is 1. The molecule has 0 aliphatic heterocycles. The van der Waals surface area contributed by atoms with Crippen LogP contribution in [-0.4, -0.2) is 20.5 Å². The van der Waals surface area contributed by atoms with Crippen LogP contribution in [0, 0.1) is 13.8 Å². The highest BCUT2D eigenvalue weighted by molar-refractivity contribution is 14.1. The maximum absolute atomic E-state index is 10.7. The van der Waals surface area contributed by atoms with Crippen molar-refractivity contribution in [1.82, 2.24) is 0 Å². The Morgan fingerprint density at radius 3 is 1.93 bits per heavy atom. The average molecular weight is 496 g/mol. The van der Waals surface area contributed by atoms with Gasteiger partial charge in [0.05, 0.1) is 0 Å². The first kappa shape index (κ1) is 24.6. The Morgan fingerprint density at radius 1 is 0.964 bits per heavy atom. The van der Waals surface area contributed by atoms with Crippen molar-refractivity contribution in [2.45, 2.75) is 58.8 Å². The molecule has 0 fully saturated rings. The van der Waals surface area contributed by atoms with Crippen molar-refractivity contribution in [1.29, 1.82) is 0 Å². The van der Waals surface area contributed by atoms with Crippen LogP contribution < -0.4 is 3.07 Å². The van der Waals surface area contributed by atoms with Crippen molar-refractivity contribution in [2.75, 3.05) is 14.2 Å². The molecule has 2 aromatic rings. The predicted molar refractivity (Wildman–Crippen MR) is 126 cm³/mol. The first-order valence-corrected chi connectivity index (χ1v) is 10.7. The largest absolute Gasteiger partial charge is 0.427 e. The molecule has 0 unspecified atom stereocenters. The van der Waals surface area contributed by atoms with Crippen molar-refractivity contribution in [3.8, 4) is 5.75 Å². The zero-order valence-electron chi connectivity index (χ0n) is 18.0. The zero-order valence-corrected chi connectivity index (χ0v) is 20.1. The lowest BCUT2D eigenvalue weighted by Gasteiger charge is -2.34. The van der Waals surface area contributed by atoms with Gasteiger partial charge in [-0.25, -0.2) is 0 Å². The molecular formula is C24H33IO3. The van der Waals surface area contributed by atoms with Crippen LogP contribution in [0.5, 0.6) is 5.75 Å². The summed E-state index contributed by atoms with van der Waals surface area (Å²) in [5.74, 6) is 0.922. The van der Waals surface area contributed by atoms with Gasteiger partial charge in [-0.3, -0.25) is 0 Å². The quantitative estimate of drug-likeness (QED) is 0.308. The van der Waals surface area contributed by atoms with E-state index >= 15 is 0 Å². The van der Waals surface area contributed by atoms with Crippen LogP contribution in [-0.2, 0) is 21.4 Å². The topological polar surface area (TPSA) is 35.5 Å². The highest BCUT2D eigenvalue weighted by Crippen LogP contribution is 2.41. The van der Waals surface area contributed by atoms with Gasteiger partial charge in [0.2, 0.25) is 0 Å². The third kappa shape index (κ3) is 5.80. The molecule has 4 heteroatoms. The predicted octanol–water partition coefficient (Wildman–Crippen LogP) is 6.53. The SMILES string of the molecule is CCC(CC)(c1ccc(CCC=O)c(C)c1)c1ccc(OI)c(C)c1.COC. The Kier molecular flexibility index (Phi) is 10.8. The molecule has 0 radical (unpaired) electrons. The van der Waals surface area contributed by atoms with E-state index in [-0.39, 0.29) is 5.41 Å². The molecule has 0 aliphatic carbocycles. The summed E-state index contributed by atoms with van der Waals surface area (Å²) < 4.78 is 9.65. The normalized spacial score (nSPS) is 10.8. The van der Waals surface area contributed by atoms with E-state index in [0.29, 0.717) is 6.42 Å². The molecule has 0 aliphatic rings. The van der Waals surface area contributed by atoms with Gasteiger partial charge in [-0.1, -0.05) is 44.2 Å². The third-order valence-electron chi connectivity index (χ3n) is 5.44. The summed E-state index contributed by atoms with van der Waals surface area (Å²) in [6.07, 6.45) is 4.49. The fraction of sp³-hybridized carbons (Fsp3) is 0.458. The summed E-state index contributed by atoms with van der Waals surface area (Å²) in [6.45, 7) is 8.77. The Labute approximate surface area is 184 Å². The molecule has 0 bridgehead atoms. The van der Waals surface area contributed by atoms with E-state index in [0.717, 1.165) is 36.9 Å². The van der Waals surface area contributed by atoms with Crippen LogP contribution >= 0.6 is 23.0 Å². The molecule has 3 nitrogen and oxygen atoms in total. The Hall–Kier alpha value is -1.40. The van der Waals surface area contributed by atoms with Gasteiger partial charge >= 0.3 is 0 Å². The second kappa shape index (κ2) is 12.2. The lowest BCUT2D eigenvalue weighted by Crippen LogP contribution is -2.26. The molecule has 0 N–H and O–H groups in total. The van der Waals surface area contributed by atoms with Crippen LogP contribution in [0.25, 0.3) is 0 Å². The molecule has 2 rings (SSSR count). The summed E-state index contributed by atoms with van der Waals surface area (Å²) >= 11 is 1.94. The molecule has 0 aromatic heterocycles. The maximum Gasteiger partial charge on any atom is 0.192 e. The number of hydrogen-bond donors (Lipinski definition) is 0. The standard InChI is InChI=1S/C22H27IO2.C2H6O/c1-5-22(6-2,20-11-12-21(25-23)17(4)15-20)19-10-9-18(8-7-13-24)16(3)14-19;1-3-2/h9-15H,5-8H2,1-4H3;1-2H3. The fourth-order valence-electron chi connectivity index (χ4n) is 3.76. The maximum atomic E-state index is 10.7. The van der Waals surface area contributed by atoms with E-state index in [1.807, 2.05) is 23.0 Å². The lowest BCUT2D eigenvalue weighted by molar-refractivity contribution is -0.107. The van der Waals surface area contributed by atoms with Crippen LogP contribution in [0.2, 0.25) is 0 Å². The molecule has 0 atom stereocenters. The zero-order chi connectivity index (χ0) is 21.2. The van der Waals surface area contributed by atoms with Gasteiger partial charge in [0.15, 0.2) is 23.0 Å². The van der Waals surface area contributed by atoms with E-state index in [2.05, 4.69) is 68.8 Å². The van der Waals surface area contributed by atoms with Crippen molar-refractivity contribution < 1.29 is 12.6 Å². The van der Waals surface area contributed by atoms with E-state index in [4.69, 9.17) is 3.07 Å². The summed E-state index contributed by atoms with van der Waals surface area (Å²) in [7, 11) is 3.25. The van der Waals surface area contributed by atoms with Gasteiger partial charge in [0.1, 0.15) is 12.0 Å². The minimum Gasteiger partial charge on any atom is -0.427 e. The van der Waals surface area contributed by atoms with E-state index < -0.39 is 0 Å². The molecule has 0 saturated carbocycles. The second-order valence-electron chi connectivity index (χ2n) is 7.10. The number of benzene rings is 2. The minimum atomic E-state index is 0.00249. The first-order chi connectivity index (χ1) is 13.4. The van der Waals surface area contributed by atoms with Gasteiger partial charge in [-0.2, -0.15) is 0 Å². The van der Waals surface area contributed by atoms with Crippen molar-refractivity contribution in [2.24, 2.45) is 0 Å². The molecule has 154 valence electrons. The number of aryl methyl sites for hydroxylation is 3. The second-order valence-corrected chi connectivity index (χ2v) is 7.54. The van der Waals surface area contributed by atoms with Crippen LogP contribution in [0.3, 0.4) is 0 Å². The van der Waals surface area contributed by atoms with Gasteiger partial charge < -0.3 is 12.6 Å². The van der Waals surface area contributed by atoms with Crippen LogP contribution in [0.1, 0.15) is 60.9 Å². The molecule has 0 heterocycles. The lowest BCUT2D eigenvalue weighted by atomic mass is 9.69. The summed E-state index contributed by atoms with van der Waals surface area (Å²) in [6, 6.07) is 13.3. The minimum absolute atomic E-state index is 0.00249. The van der Waals surface area contributed by atoms with Gasteiger partial charge in [0, 0.05) is 26.1 Å². The van der Waals surface area contributed by atoms with Crippen LogP contribution in [0.4, 0.5) is 0 Å². The summed E-state index contributed by atoms with van der Waals surface area (Å²) in [5, 5.41) is 0. The molecule has 0 amide bonds. The average Bonchev–Trinajstić information content (AvgIpc) is 2.69. The molecule has 0 saturated heterocycles. The number of methoxy groups -OCH3 is 1. The highest BCUT2D eigenvalue weighted by atomic mass is 127. The number of carbonyl (C=O) groups is 1. The van der Waals surface area contributed by atoms with E-state index in [1.165, 1.54) is 22.3 Å². The van der Waals surface area contributed by atoms with Crippen molar-refractivity contribution >= 4 is 29.3 Å². The van der Waals surface area contributed by atoms with Crippen molar-refractivity contribution in [3.63, 3.8) is 0 Å². The molecule has 0 spiro atoms. The molecule has 28 heavy (non-hydrogen) atoms. The number of aldehydes is 1. The van der Waals surface area contributed by atoms with Gasteiger partial charge in [0.25, 0.3) is 0 Å². The summed E-state index contributed by atoms with van der Waals surface area (Å²) in [5.41, 5.74) is 6.40. The Balaban J connectivity index is 0.00000122. The van der Waals surface area contributed by atoms with Crippen LogP contribution in [0.15, 0.2) is 36.4 Å². The number of rotatable bonds is 8. The molecule has 2 aromatic carbocycles. The smallest absolute Gasteiger partial charge is 0.192 e. The first-order valence-electron chi connectivity index (χ1n) is 9.77. The van der Waals surface area contributed by atoms with Crippen molar-refractivity contribution in [3.05, 3.63) is 64.2 Å². The highest BCUT2D eigenvalue weighted by Gasteiger charge is 2.31. The van der Waals surface area contributed by atoms with Gasteiger partial charge in [-0.15, -0.1) is 0 Å². The Bertz CT molecular complexity index is 752. The van der Waals surface area contributed by atoms with Gasteiger partial charge in [-0.05, 0) is 67.0 Å². The summed E-state index contributed by atoms with van der Waals surface area (Å²) in [4.78, 5) is 10.7. The Morgan fingerprint density at radius 2 is 1.50 bits per heavy atom. The number of hydrogen-bond acceptors (Lipinski definition) is 3. The number of carbonyl (C=O) groups excluding carboxylic acids is 1. The monoisotopic (exact) mass is 496 g/mol. The van der Waals surface area contributed by atoms with E-state index in [9.17, 15) is 4.79 Å².